The molecule has 3 rings (SSSR count). The fraction of sp³-hybridized carbons (Fsp3) is 0.471. The fourth-order valence-electron chi connectivity index (χ4n) is 2.87. The highest BCUT2D eigenvalue weighted by atomic mass is 16.5. The van der Waals surface area contributed by atoms with Crippen LogP contribution in [0.1, 0.15) is 32.1 Å². The summed E-state index contributed by atoms with van der Waals surface area (Å²) in [6.45, 7) is 0. The maximum absolute atomic E-state index is 6.06. The van der Waals surface area contributed by atoms with E-state index in [2.05, 4.69) is 4.98 Å². The van der Waals surface area contributed by atoms with Gasteiger partial charge in [0.25, 0.3) is 0 Å². The van der Waals surface area contributed by atoms with Crippen LogP contribution in [0.5, 0.6) is 17.2 Å². The SMILES string of the molecule is COc1cc2cc(OC3CCCCC3)cnc2cc1OC. The Morgan fingerprint density at radius 1 is 0.952 bits per heavy atom. The molecule has 1 aliphatic carbocycles. The highest BCUT2D eigenvalue weighted by Crippen LogP contribution is 2.33. The fourth-order valence-corrected chi connectivity index (χ4v) is 2.87. The summed E-state index contributed by atoms with van der Waals surface area (Å²) in [7, 11) is 3.27. The van der Waals surface area contributed by atoms with Gasteiger partial charge in [-0.15, -0.1) is 0 Å². The second kappa shape index (κ2) is 6.20. The summed E-state index contributed by atoms with van der Waals surface area (Å²) >= 11 is 0. The lowest BCUT2D eigenvalue weighted by Gasteiger charge is -2.23. The first-order valence-electron chi connectivity index (χ1n) is 7.48. The Labute approximate surface area is 125 Å². The molecule has 0 bridgehead atoms. The Bertz CT molecular complexity index is 621. The van der Waals surface area contributed by atoms with Gasteiger partial charge in [-0.05, 0) is 37.8 Å². The third kappa shape index (κ3) is 3.04. The number of rotatable bonds is 4. The molecule has 1 aromatic carbocycles. The summed E-state index contributed by atoms with van der Waals surface area (Å²) < 4.78 is 16.7. The zero-order chi connectivity index (χ0) is 14.7. The van der Waals surface area contributed by atoms with Gasteiger partial charge in [0.15, 0.2) is 11.5 Å². The molecule has 0 N–H and O–H groups in total. The van der Waals surface area contributed by atoms with E-state index in [1.807, 2.05) is 18.2 Å². The normalized spacial score (nSPS) is 15.9. The number of benzene rings is 1. The van der Waals surface area contributed by atoms with Crippen molar-refractivity contribution in [3.8, 4) is 17.2 Å². The molecule has 0 amide bonds. The first-order chi connectivity index (χ1) is 10.3. The number of pyridine rings is 1. The summed E-state index contributed by atoms with van der Waals surface area (Å²) in [4.78, 5) is 4.47. The molecule has 4 heteroatoms. The molecule has 2 aromatic rings. The minimum absolute atomic E-state index is 0.332. The topological polar surface area (TPSA) is 40.6 Å². The van der Waals surface area contributed by atoms with Crippen LogP contribution in [0.25, 0.3) is 10.9 Å². The van der Waals surface area contributed by atoms with Crippen LogP contribution in [0.2, 0.25) is 0 Å². The Kier molecular flexibility index (Phi) is 4.13. The van der Waals surface area contributed by atoms with Crippen LogP contribution in [0.4, 0.5) is 0 Å². The summed E-state index contributed by atoms with van der Waals surface area (Å²) in [6.07, 6.45) is 8.26. The molecule has 1 saturated carbocycles. The monoisotopic (exact) mass is 287 g/mol. The van der Waals surface area contributed by atoms with Gasteiger partial charge in [-0.1, -0.05) is 6.42 Å². The molecule has 0 saturated heterocycles. The number of aromatic nitrogens is 1. The maximum Gasteiger partial charge on any atom is 0.162 e. The smallest absolute Gasteiger partial charge is 0.162 e. The largest absolute Gasteiger partial charge is 0.493 e. The molecule has 0 aliphatic heterocycles. The average Bonchev–Trinajstić information content (AvgIpc) is 2.54. The standard InChI is InChI=1S/C17H21NO3/c1-19-16-9-12-8-14(21-13-6-4-3-5-7-13)11-18-15(12)10-17(16)20-2/h8-11,13H,3-7H2,1-2H3. The second-order valence-corrected chi connectivity index (χ2v) is 5.45. The van der Waals surface area contributed by atoms with Gasteiger partial charge in [0.1, 0.15) is 5.75 Å². The predicted octanol–water partition coefficient (Wildman–Crippen LogP) is 3.96. The molecule has 1 aromatic heterocycles. The molecule has 1 fully saturated rings. The van der Waals surface area contributed by atoms with Crippen LogP contribution in [0.15, 0.2) is 24.4 Å². The second-order valence-electron chi connectivity index (χ2n) is 5.45. The van der Waals surface area contributed by atoms with E-state index < -0.39 is 0 Å². The number of hydrogen-bond donors (Lipinski definition) is 0. The summed E-state index contributed by atoms with van der Waals surface area (Å²) in [5.74, 6) is 2.24. The van der Waals surface area contributed by atoms with E-state index >= 15 is 0 Å². The molecule has 112 valence electrons. The van der Waals surface area contributed by atoms with Crippen molar-refractivity contribution < 1.29 is 14.2 Å². The van der Waals surface area contributed by atoms with Gasteiger partial charge in [-0.3, -0.25) is 4.98 Å². The zero-order valence-electron chi connectivity index (χ0n) is 12.6. The quantitative estimate of drug-likeness (QED) is 0.853. The van der Waals surface area contributed by atoms with E-state index in [1.165, 1.54) is 19.3 Å². The first kappa shape index (κ1) is 14.0. The molecule has 1 heterocycles. The Morgan fingerprint density at radius 2 is 1.67 bits per heavy atom. The van der Waals surface area contributed by atoms with Crippen molar-refractivity contribution in [3.05, 3.63) is 24.4 Å². The van der Waals surface area contributed by atoms with Crippen molar-refractivity contribution in [1.29, 1.82) is 0 Å². The highest BCUT2D eigenvalue weighted by Gasteiger charge is 2.15. The molecular formula is C17H21NO3. The van der Waals surface area contributed by atoms with Gasteiger partial charge < -0.3 is 14.2 Å². The minimum atomic E-state index is 0.332. The zero-order valence-corrected chi connectivity index (χ0v) is 12.6. The first-order valence-corrected chi connectivity index (χ1v) is 7.48. The van der Waals surface area contributed by atoms with Crippen LogP contribution in [-0.4, -0.2) is 25.3 Å². The molecule has 0 spiro atoms. The third-order valence-corrected chi connectivity index (χ3v) is 4.02. The van der Waals surface area contributed by atoms with Crippen LogP contribution >= 0.6 is 0 Å². The van der Waals surface area contributed by atoms with E-state index in [9.17, 15) is 0 Å². The van der Waals surface area contributed by atoms with Crippen molar-refractivity contribution in [1.82, 2.24) is 4.98 Å². The average molecular weight is 287 g/mol. The van der Waals surface area contributed by atoms with E-state index in [-0.39, 0.29) is 0 Å². The number of ether oxygens (including phenoxy) is 3. The van der Waals surface area contributed by atoms with Crippen LogP contribution in [-0.2, 0) is 0 Å². The van der Waals surface area contributed by atoms with Crippen molar-refractivity contribution in [2.45, 2.75) is 38.2 Å². The third-order valence-electron chi connectivity index (χ3n) is 4.02. The molecule has 0 radical (unpaired) electrons. The summed E-state index contributed by atoms with van der Waals surface area (Å²) in [5.41, 5.74) is 0.878. The van der Waals surface area contributed by atoms with Crippen LogP contribution in [0.3, 0.4) is 0 Å². The van der Waals surface area contributed by atoms with Gasteiger partial charge in [0, 0.05) is 11.5 Å². The Hall–Kier alpha value is -1.97. The maximum atomic E-state index is 6.06. The lowest BCUT2D eigenvalue weighted by atomic mass is 9.98. The van der Waals surface area contributed by atoms with Gasteiger partial charge in [-0.2, -0.15) is 0 Å². The lowest BCUT2D eigenvalue weighted by molar-refractivity contribution is 0.154. The molecule has 0 atom stereocenters. The summed E-state index contributed by atoms with van der Waals surface area (Å²) in [5, 5.41) is 1.00. The van der Waals surface area contributed by atoms with Crippen LogP contribution < -0.4 is 14.2 Å². The molecular weight excluding hydrogens is 266 g/mol. The highest BCUT2D eigenvalue weighted by molar-refractivity contribution is 5.83. The van der Waals surface area contributed by atoms with Crippen molar-refractivity contribution in [3.63, 3.8) is 0 Å². The van der Waals surface area contributed by atoms with Crippen molar-refractivity contribution in [2.24, 2.45) is 0 Å². The van der Waals surface area contributed by atoms with Crippen LogP contribution in [0, 0.1) is 0 Å². The van der Waals surface area contributed by atoms with E-state index in [0.29, 0.717) is 17.6 Å². The van der Waals surface area contributed by atoms with Gasteiger partial charge >= 0.3 is 0 Å². The van der Waals surface area contributed by atoms with E-state index in [0.717, 1.165) is 29.5 Å². The van der Waals surface area contributed by atoms with E-state index in [4.69, 9.17) is 14.2 Å². The molecule has 4 nitrogen and oxygen atoms in total. The molecule has 1 aliphatic rings. The van der Waals surface area contributed by atoms with Crippen molar-refractivity contribution in [2.75, 3.05) is 14.2 Å². The predicted molar refractivity (Wildman–Crippen MR) is 82.3 cm³/mol. The Balaban J connectivity index is 1.88. The van der Waals surface area contributed by atoms with Gasteiger partial charge in [0.05, 0.1) is 32.0 Å². The lowest BCUT2D eigenvalue weighted by Crippen LogP contribution is -2.19. The molecule has 0 unspecified atom stereocenters. The summed E-state index contributed by atoms with van der Waals surface area (Å²) in [6, 6.07) is 5.85. The number of fused-ring (bicyclic) bond motifs is 1. The molecule has 21 heavy (non-hydrogen) atoms. The Morgan fingerprint density at radius 3 is 2.38 bits per heavy atom. The minimum Gasteiger partial charge on any atom is -0.493 e. The van der Waals surface area contributed by atoms with Gasteiger partial charge in [0.2, 0.25) is 0 Å². The number of hydrogen-bond acceptors (Lipinski definition) is 4. The number of nitrogens with zero attached hydrogens (tertiary/aromatic N) is 1. The van der Waals surface area contributed by atoms with Crippen molar-refractivity contribution >= 4 is 10.9 Å². The van der Waals surface area contributed by atoms with Gasteiger partial charge in [-0.25, -0.2) is 0 Å². The van der Waals surface area contributed by atoms with E-state index in [1.54, 1.807) is 20.4 Å². The number of methoxy groups -OCH3 is 2.